The average molecular weight is 445 g/mol. The number of aliphatic imine (C=N–C) groups is 1. The van der Waals surface area contributed by atoms with Crippen molar-refractivity contribution < 1.29 is 9.52 Å². The first-order chi connectivity index (χ1) is 11.6. The highest BCUT2D eigenvalue weighted by molar-refractivity contribution is 9.11. The highest BCUT2D eigenvalue weighted by Gasteiger charge is 2.07. The van der Waals surface area contributed by atoms with Gasteiger partial charge in [0, 0.05) is 33.1 Å². The molecule has 0 radical (unpaired) electrons. The molecule has 4 aromatic rings. The summed E-state index contributed by atoms with van der Waals surface area (Å²) in [6.45, 7) is 0. The molecule has 24 heavy (non-hydrogen) atoms. The Balaban J connectivity index is 1.76. The largest absolute Gasteiger partial charge is 0.506 e. The number of rotatable bonds is 2. The second-order valence-electron chi connectivity index (χ2n) is 5.36. The third-order valence-electron chi connectivity index (χ3n) is 3.77. The molecule has 118 valence electrons. The Kier molecular flexibility index (Phi) is 3.90. The molecule has 0 unspecified atom stereocenters. The van der Waals surface area contributed by atoms with Crippen molar-refractivity contribution in [3.63, 3.8) is 0 Å². The number of furan rings is 1. The molecule has 3 aromatic carbocycles. The summed E-state index contributed by atoms with van der Waals surface area (Å²) in [6.07, 6.45) is 1.63. The van der Waals surface area contributed by atoms with Gasteiger partial charge < -0.3 is 9.52 Å². The van der Waals surface area contributed by atoms with Crippen molar-refractivity contribution in [1.82, 2.24) is 0 Å². The SMILES string of the molecule is Oc1c(Br)cc(Br)cc1C=Nc1ccc2c(c1)oc1ccccc12. The van der Waals surface area contributed by atoms with Crippen LogP contribution < -0.4 is 0 Å². The average Bonchev–Trinajstić information content (AvgIpc) is 2.94. The molecule has 1 N–H and O–H groups in total. The van der Waals surface area contributed by atoms with Gasteiger partial charge in [0.15, 0.2) is 0 Å². The highest BCUT2D eigenvalue weighted by atomic mass is 79.9. The molecule has 0 spiro atoms. The van der Waals surface area contributed by atoms with Crippen molar-refractivity contribution >= 4 is 65.7 Å². The van der Waals surface area contributed by atoms with Crippen molar-refractivity contribution in [3.05, 3.63) is 69.1 Å². The summed E-state index contributed by atoms with van der Waals surface area (Å²) >= 11 is 6.73. The van der Waals surface area contributed by atoms with Crippen LogP contribution in [0, 0.1) is 0 Å². The molecule has 5 heteroatoms. The van der Waals surface area contributed by atoms with E-state index >= 15 is 0 Å². The summed E-state index contributed by atoms with van der Waals surface area (Å²) in [5.41, 5.74) is 3.05. The van der Waals surface area contributed by atoms with Crippen LogP contribution in [0.15, 0.2) is 73.0 Å². The van der Waals surface area contributed by atoms with Gasteiger partial charge in [0.05, 0.1) is 10.2 Å². The quantitative estimate of drug-likeness (QED) is 0.355. The Morgan fingerprint density at radius 3 is 2.58 bits per heavy atom. The zero-order valence-electron chi connectivity index (χ0n) is 12.3. The van der Waals surface area contributed by atoms with Gasteiger partial charge in [0.25, 0.3) is 0 Å². The normalized spacial score (nSPS) is 11.8. The van der Waals surface area contributed by atoms with Crippen LogP contribution in [0.1, 0.15) is 5.56 Å². The van der Waals surface area contributed by atoms with Gasteiger partial charge in [-0.3, -0.25) is 4.99 Å². The molecule has 0 aliphatic carbocycles. The zero-order valence-corrected chi connectivity index (χ0v) is 15.5. The van der Waals surface area contributed by atoms with Crippen molar-refractivity contribution in [1.29, 1.82) is 0 Å². The predicted octanol–water partition coefficient (Wildman–Crippen LogP) is 6.57. The smallest absolute Gasteiger partial charge is 0.138 e. The van der Waals surface area contributed by atoms with Crippen LogP contribution in [0.25, 0.3) is 21.9 Å². The lowest BCUT2D eigenvalue weighted by molar-refractivity contribution is 0.471. The Morgan fingerprint density at radius 2 is 1.71 bits per heavy atom. The Bertz CT molecular complexity index is 1100. The standard InChI is InChI=1S/C19H11Br2NO2/c20-12-7-11(19(23)16(21)8-12)10-22-13-5-6-15-14-3-1-2-4-17(14)24-18(15)9-13/h1-10,23H. The third kappa shape index (κ3) is 2.74. The number of halogens is 2. The van der Waals surface area contributed by atoms with Crippen molar-refractivity contribution in [2.45, 2.75) is 0 Å². The van der Waals surface area contributed by atoms with E-state index in [1.165, 1.54) is 0 Å². The maximum absolute atomic E-state index is 10.1. The highest BCUT2D eigenvalue weighted by Crippen LogP contribution is 2.33. The number of phenols is 1. The van der Waals surface area contributed by atoms with Crippen LogP contribution in [0.4, 0.5) is 5.69 Å². The summed E-state index contributed by atoms with van der Waals surface area (Å²) in [5, 5.41) is 12.3. The molecule has 1 heterocycles. The number of fused-ring (bicyclic) bond motifs is 3. The lowest BCUT2D eigenvalue weighted by Crippen LogP contribution is -1.84. The summed E-state index contributed by atoms with van der Waals surface area (Å²) in [4.78, 5) is 4.45. The third-order valence-corrected chi connectivity index (χ3v) is 4.84. The van der Waals surface area contributed by atoms with E-state index in [0.717, 1.165) is 32.1 Å². The van der Waals surface area contributed by atoms with E-state index in [2.05, 4.69) is 36.9 Å². The first-order valence-corrected chi connectivity index (χ1v) is 8.84. The van der Waals surface area contributed by atoms with Gasteiger partial charge in [0.1, 0.15) is 16.9 Å². The van der Waals surface area contributed by atoms with Gasteiger partial charge in [-0.05, 0) is 46.3 Å². The molecule has 1 aromatic heterocycles. The fraction of sp³-hybridized carbons (Fsp3) is 0. The minimum atomic E-state index is 0.159. The van der Waals surface area contributed by atoms with Crippen LogP contribution in [-0.4, -0.2) is 11.3 Å². The molecule has 0 fully saturated rings. The fourth-order valence-electron chi connectivity index (χ4n) is 2.62. The molecule has 0 saturated carbocycles. The van der Waals surface area contributed by atoms with Crippen molar-refractivity contribution in [2.75, 3.05) is 0 Å². The topological polar surface area (TPSA) is 45.7 Å². The van der Waals surface area contributed by atoms with Crippen LogP contribution in [0.5, 0.6) is 5.75 Å². The van der Waals surface area contributed by atoms with E-state index in [1.807, 2.05) is 48.5 Å². The lowest BCUT2D eigenvalue weighted by Gasteiger charge is -2.02. The Hall–Kier alpha value is -2.11. The van der Waals surface area contributed by atoms with E-state index in [-0.39, 0.29) is 5.75 Å². The van der Waals surface area contributed by atoms with Gasteiger partial charge in [-0.15, -0.1) is 0 Å². The molecule has 0 saturated heterocycles. The van der Waals surface area contributed by atoms with E-state index in [0.29, 0.717) is 10.0 Å². The fourth-order valence-corrected chi connectivity index (χ4v) is 3.88. The molecule has 0 aliphatic heterocycles. The van der Waals surface area contributed by atoms with E-state index in [4.69, 9.17) is 4.42 Å². The van der Waals surface area contributed by atoms with Crippen molar-refractivity contribution in [3.8, 4) is 5.75 Å². The van der Waals surface area contributed by atoms with Crippen LogP contribution in [-0.2, 0) is 0 Å². The lowest BCUT2D eigenvalue weighted by atomic mass is 10.1. The molecule has 0 bridgehead atoms. The van der Waals surface area contributed by atoms with E-state index in [1.54, 1.807) is 12.3 Å². The first-order valence-electron chi connectivity index (χ1n) is 7.25. The minimum absolute atomic E-state index is 0.159. The zero-order chi connectivity index (χ0) is 16.7. The molecule has 0 aliphatic rings. The summed E-state index contributed by atoms with van der Waals surface area (Å²) in [6, 6.07) is 17.4. The molecular formula is C19H11Br2NO2. The van der Waals surface area contributed by atoms with Gasteiger partial charge in [-0.25, -0.2) is 0 Å². The van der Waals surface area contributed by atoms with E-state index in [9.17, 15) is 5.11 Å². The summed E-state index contributed by atoms with van der Waals surface area (Å²) < 4.78 is 7.35. The summed E-state index contributed by atoms with van der Waals surface area (Å²) in [7, 11) is 0. The molecule has 0 amide bonds. The number of para-hydroxylation sites is 1. The van der Waals surface area contributed by atoms with E-state index < -0.39 is 0 Å². The second-order valence-corrected chi connectivity index (χ2v) is 7.13. The monoisotopic (exact) mass is 443 g/mol. The Morgan fingerprint density at radius 1 is 0.917 bits per heavy atom. The summed E-state index contributed by atoms with van der Waals surface area (Å²) in [5.74, 6) is 0.159. The maximum Gasteiger partial charge on any atom is 0.138 e. The molecule has 4 rings (SSSR count). The number of aromatic hydroxyl groups is 1. The van der Waals surface area contributed by atoms with Gasteiger partial charge in [-0.2, -0.15) is 0 Å². The number of hydrogen-bond donors (Lipinski definition) is 1. The van der Waals surface area contributed by atoms with Crippen LogP contribution >= 0.6 is 31.9 Å². The Labute approximate surface area is 154 Å². The van der Waals surface area contributed by atoms with Gasteiger partial charge in [0.2, 0.25) is 0 Å². The number of hydrogen-bond acceptors (Lipinski definition) is 3. The van der Waals surface area contributed by atoms with Gasteiger partial charge >= 0.3 is 0 Å². The number of benzene rings is 3. The molecule has 0 atom stereocenters. The van der Waals surface area contributed by atoms with Crippen LogP contribution in [0.2, 0.25) is 0 Å². The first kappa shape index (κ1) is 15.4. The molecule has 3 nitrogen and oxygen atoms in total. The van der Waals surface area contributed by atoms with Crippen molar-refractivity contribution in [2.24, 2.45) is 4.99 Å². The van der Waals surface area contributed by atoms with Gasteiger partial charge in [-0.1, -0.05) is 34.1 Å². The number of phenolic OH excluding ortho intramolecular Hbond substituents is 1. The maximum atomic E-state index is 10.1. The second kappa shape index (κ2) is 6.07. The predicted molar refractivity (Wildman–Crippen MR) is 104 cm³/mol. The number of nitrogens with zero attached hydrogens (tertiary/aromatic N) is 1. The molecular weight excluding hydrogens is 434 g/mol. The van der Waals surface area contributed by atoms with Crippen LogP contribution in [0.3, 0.4) is 0 Å². The minimum Gasteiger partial charge on any atom is -0.506 e.